The average Bonchev–Trinajstić information content (AvgIpc) is 2.67. The summed E-state index contributed by atoms with van der Waals surface area (Å²) in [6.45, 7) is 4.67. The Morgan fingerprint density at radius 3 is 1.76 bits per heavy atom. The molecule has 0 heterocycles. The Bertz CT molecular complexity index is 742. The third kappa shape index (κ3) is 11.8. The summed E-state index contributed by atoms with van der Waals surface area (Å²) < 4.78 is 0. The second-order valence-corrected chi connectivity index (χ2v) is 8.10. The van der Waals surface area contributed by atoms with Gasteiger partial charge in [-0.2, -0.15) is 0 Å². The first-order valence-electron chi connectivity index (χ1n) is 10.3. The molecular weight excluding hydrogens is 440 g/mol. The fourth-order valence-corrected chi connectivity index (χ4v) is 2.74. The molecule has 0 fully saturated rings. The summed E-state index contributed by atoms with van der Waals surface area (Å²) >= 11 is 0. The predicted octanol–water partition coefficient (Wildman–Crippen LogP) is -3.58. The van der Waals surface area contributed by atoms with E-state index in [2.05, 4.69) is 16.0 Å². The Hall–Kier alpha value is -3.26. The van der Waals surface area contributed by atoms with E-state index in [0.717, 1.165) is 0 Å². The van der Waals surface area contributed by atoms with E-state index < -0.39 is 72.2 Å². The van der Waals surface area contributed by atoms with E-state index >= 15 is 0 Å². The number of hydrogen-bond acceptors (Lipinski definition) is 8. The molecule has 0 radical (unpaired) electrons. The van der Waals surface area contributed by atoms with Crippen LogP contribution in [0.1, 0.15) is 46.5 Å². The van der Waals surface area contributed by atoms with Crippen LogP contribution in [0, 0.1) is 5.92 Å². The predicted molar refractivity (Wildman–Crippen MR) is 115 cm³/mol. The van der Waals surface area contributed by atoms with E-state index in [4.69, 9.17) is 22.3 Å². The molecule has 0 aliphatic rings. The van der Waals surface area contributed by atoms with Crippen LogP contribution in [0.3, 0.4) is 0 Å². The van der Waals surface area contributed by atoms with Crippen LogP contribution in [0.5, 0.6) is 0 Å². The molecule has 0 saturated carbocycles. The van der Waals surface area contributed by atoms with Gasteiger partial charge >= 0.3 is 5.97 Å². The van der Waals surface area contributed by atoms with Gasteiger partial charge in [-0.1, -0.05) is 13.8 Å². The number of carboxylic acid groups (broad SMARTS) is 1. The van der Waals surface area contributed by atoms with Gasteiger partial charge in [0.2, 0.25) is 29.5 Å². The van der Waals surface area contributed by atoms with E-state index in [1.54, 1.807) is 13.8 Å². The maximum Gasteiger partial charge on any atom is 0.328 e. The second kappa shape index (κ2) is 14.0. The fourth-order valence-electron chi connectivity index (χ4n) is 2.74. The molecule has 0 rings (SSSR count). The van der Waals surface area contributed by atoms with E-state index in [-0.39, 0.29) is 25.2 Å². The van der Waals surface area contributed by atoms with E-state index in [1.807, 2.05) is 0 Å². The lowest BCUT2D eigenvalue weighted by Crippen LogP contribution is -2.59. The normalized spacial score (nSPS) is 15.5. The number of nitrogens with one attached hydrogen (secondary N) is 3. The highest BCUT2D eigenvalue weighted by atomic mass is 16.4. The van der Waals surface area contributed by atoms with Crippen LogP contribution in [0.15, 0.2) is 0 Å². The summed E-state index contributed by atoms with van der Waals surface area (Å²) in [6, 6.07) is -5.54. The molecule has 0 spiro atoms. The molecule has 0 aliphatic carbocycles. The van der Waals surface area contributed by atoms with Crippen molar-refractivity contribution in [3.63, 3.8) is 0 Å². The maximum atomic E-state index is 12.8. The van der Waals surface area contributed by atoms with Gasteiger partial charge in [0.15, 0.2) is 6.04 Å². The number of carbonyl (C=O) groups excluding carboxylic acids is 5. The second-order valence-electron chi connectivity index (χ2n) is 8.10. The summed E-state index contributed by atoms with van der Waals surface area (Å²) in [6.07, 6.45) is -2.21. The van der Waals surface area contributed by atoms with Crippen molar-refractivity contribution >= 4 is 35.5 Å². The minimum absolute atomic E-state index is 0.0824. The lowest BCUT2D eigenvalue weighted by molar-refractivity contribution is -0.145. The summed E-state index contributed by atoms with van der Waals surface area (Å²) in [5.74, 6) is -5.86. The van der Waals surface area contributed by atoms with Crippen molar-refractivity contribution in [3.8, 4) is 0 Å². The number of aliphatic carboxylic acids is 1. The first-order chi connectivity index (χ1) is 15.1. The number of amides is 5. The SMILES string of the molecule is CC(C)CC(NC(=O)C(CC(N)=O)NC(=O)C(N)CCC(N)=O)C(=O)NC(C(=O)O)C(C)O. The van der Waals surface area contributed by atoms with E-state index in [1.165, 1.54) is 6.92 Å². The zero-order valence-electron chi connectivity index (χ0n) is 18.9. The van der Waals surface area contributed by atoms with Gasteiger partial charge in [0, 0.05) is 6.42 Å². The molecule has 14 heteroatoms. The van der Waals surface area contributed by atoms with Gasteiger partial charge in [0.25, 0.3) is 0 Å². The summed E-state index contributed by atoms with van der Waals surface area (Å²) in [7, 11) is 0. The standard InChI is InChI=1S/C19H34N6O8/c1-8(2)6-11(18(31)25-15(9(3)26)19(32)33)24-17(30)12(7-14(22)28)23-16(29)10(20)4-5-13(21)27/h8-12,15,26H,4-7,20H2,1-3H3,(H2,21,27)(H2,22,28)(H,23,29)(H,24,30)(H,25,31)(H,32,33). The van der Waals surface area contributed by atoms with Gasteiger partial charge in [-0.25, -0.2) is 4.79 Å². The number of carboxylic acids is 1. The third-order valence-corrected chi connectivity index (χ3v) is 4.46. The first-order valence-corrected chi connectivity index (χ1v) is 10.3. The lowest BCUT2D eigenvalue weighted by atomic mass is 10.0. The van der Waals surface area contributed by atoms with Crippen molar-refractivity contribution in [2.24, 2.45) is 23.1 Å². The minimum Gasteiger partial charge on any atom is -0.480 e. The van der Waals surface area contributed by atoms with Crippen LogP contribution in [0.25, 0.3) is 0 Å². The van der Waals surface area contributed by atoms with Gasteiger partial charge in [0.05, 0.1) is 18.6 Å². The molecule has 33 heavy (non-hydrogen) atoms. The fraction of sp³-hybridized carbons (Fsp3) is 0.684. The maximum absolute atomic E-state index is 12.8. The topological polar surface area (TPSA) is 257 Å². The number of rotatable bonds is 15. The monoisotopic (exact) mass is 474 g/mol. The molecule has 188 valence electrons. The molecule has 5 atom stereocenters. The zero-order chi connectivity index (χ0) is 25.9. The van der Waals surface area contributed by atoms with E-state index in [9.17, 15) is 33.9 Å². The zero-order valence-corrected chi connectivity index (χ0v) is 18.9. The lowest BCUT2D eigenvalue weighted by Gasteiger charge is -2.26. The van der Waals surface area contributed by atoms with Crippen molar-refractivity contribution in [2.45, 2.75) is 76.7 Å². The smallest absolute Gasteiger partial charge is 0.328 e. The van der Waals surface area contributed by atoms with Crippen molar-refractivity contribution in [2.75, 3.05) is 0 Å². The van der Waals surface area contributed by atoms with Crippen LogP contribution < -0.4 is 33.2 Å². The highest BCUT2D eigenvalue weighted by Gasteiger charge is 2.32. The molecule has 0 aromatic heterocycles. The minimum atomic E-state index is -1.62. The molecule has 0 aliphatic heterocycles. The van der Waals surface area contributed by atoms with Gasteiger partial charge in [-0.05, 0) is 25.7 Å². The quantitative estimate of drug-likeness (QED) is 0.116. The molecule has 5 amide bonds. The van der Waals surface area contributed by atoms with Gasteiger partial charge < -0.3 is 43.4 Å². The Morgan fingerprint density at radius 2 is 1.33 bits per heavy atom. The van der Waals surface area contributed by atoms with Crippen molar-refractivity contribution in [1.29, 1.82) is 0 Å². The number of carbonyl (C=O) groups is 6. The highest BCUT2D eigenvalue weighted by molar-refractivity contribution is 5.96. The van der Waals surface area contributed by atoms with Crippen LogP contribution in [0.2, 0.25) is 0 Å². The molecule has 5 unspecified atom stereocenters. The largest absolute Gasteiger partial charge is 0.480 e. The van der Waals surface area contributed by atoms with Crippen LogP contribution in [-0.4, -0.2) is 76.0 Å². The third-order valence-electron chi connectivity index (χ3n) is 4.46. The number of aliphatic hydroxyl groups is 1. The van der Waals surface area contributed by atoms with Crippen LogP contribution in [0.4, 0.5) is 0 Å². The van der Waals surface area contributed by atoms with Crippen molar-refractivity contribution in [1.82, 2.24) is 16.0 Å². The van der Waals surface area contributed by atoms with Crippen LogP contribution >= 0.6 is 0 Å². The van der Waals surface area contributed by atoms with Gasteiger partial charge in [-0.15, -0.1) is 0 Å². The van der Waals surface area contributed by atoms with Crippen molar-refractivity contribution < 1.29 is 39.0 Å². The summed E-state index contributed by atoms with van der Waals surface area (Å²) in [5.41, 5.74) is 15.8. The molecule has 11 N–H and O–H groups in total. The molecule has 14 nitrogen and oxygen atoms in total. The number of primary amides is 2. The number of hydrogen-bond donors (Lipinski definition) is 8. The van der Waals surface area contributed by atoms with Crippen molar-refractivity contribution in [3.05, 3.63) is 0 Å². The number of nitrogens with two attached hydrogens (primary N) is 3. The summed E-state index contributed by atoms with van der Waals surface area (Å²) in [4.78, 5) is 71.1. The van der Waals surface area contributed by atoms with Crippen LogP contribution in [-0.2, 0) is 28.8 Å². The Morgan fingerprint density at radius 1 is 0.818 bits per heavy atom. The molecule has 0 bridgehead atoms. The molecule has 0 saturated heterocycles. The summed E-state index contributed by atoms with van der Waals surface area (Å²) in [5, 5.41) is 25.5. The Balaban J connectivity index is 5.49. The number of aliphatic hydroxyl groups excluding tert-OH is 1. The Kier molecular flexibility index (Phi) is 12.6. The molecule has 0 aromatic rings. The molecular formula is C19H34N6O8. The Labute approximate surface area is 191 Å². The first kappa shape index (κ1) is 29.7. The average molecular weight is 475 g/mol. The van der Waals surface area contributed by atoms with Gasteiger partial charge in [0.1, 0.15) is 12.1 Å². The highest BCUT2D eigenvalue weighted by Crippen LogP contribution is 2.08. The van der Waals surface area contributed by atoms with E-state index in [0.29, 0.717) is 0 Å². The van der Waals surface area contributed by atoms with Gasteiger partial charge in [-0.3, -0.25) is 24.0 Å². The molecule has 0 aromatic carbocycles.